The highest BCUT2D eigenvalue weighted by molar-refractivity contribution is 5.89. The van der Waals surface area contributed by atoms with E-state index < -0.39 is 36.0 Å². The minimum atomic E-state index is -0.844. The lowest BCUT2D eigenvalue weighted by Crippen LogP contribution is -2.19. The van der Waals surface area contributed by atoms with Crippen molar-refractivity contribution in [2.45, 2.75) is 12.2 Å². The number of fused-ring (bicyclic) bond motifs is 1. The Hall–Kier alpha value is -3.42. The Morgan fingerprint density at radius 2 is 1.14 bits per heavy atom. The Morgan fingerprint density at radius 3 is 1.50 bits per heavy atom. The van der Waals surface area contributed by atoms with Crippen molar-refractivity contribution in [3.8, 4) is 23.0 Å². The van der Waals surface area contributed by atoms with E-state index >= 15 is 0 Å². The smallest absolute Gasteiger partial charge is 0.314 e. The maximum atomic E-state index is 12.6. The number of hydrogen-bond donors (Lipinski definition) is 2. The largest absolute Gasteiger partial charge is 0.504 e. The van der Waals surface area contributed by atoms with Crippen LogP contribution in [-0.2, 0) is 19.1 Å². The van der Waals surface area contributed by atoms with Crippen LogP contribution in [0.4, 0.5) is 0 Å². The third-order valence-electron chi connectivity index (χ3n) is 5.13. The second kappa shape index (κ2) is 6.63. The van der Waals surface area contributed by atoms with Gasteiger partial charge in [-0.15, -0.1) is 0 Å². The molecule has 8 heteroatoms. The number of methoxy groups -OCH3 is 2. The normalized spacial score (nSPS) is 25.8. The second-order valence-corrected chi connectivity index (χ2v) is 6.63. The van der Waals surface area contributed by atoms with Gasteiger partial charge in [0, 0.05) is 0 Å². The molecule has 0 bridgehead atoms. The number of cyclic esters (lactones) is 2. The number of aromatic hydroxyl groups is 2. The summed E-state index contributed by atoms with van der Waals surface area (Å²) in [5.74, 6) is -2.45. The van der Waals surface area contributed by atoms with Crippen LogP contribution in [0.1, 0.15) is 23.3 Å². The summed E-state index contributed by atoms with van der Waals surface area (Å²) in [6.07, 6.45) is -1.69. The third-order valence-corrected chi connectivity index (χ3v) is 5.13. The molecule has 0 saturated carbocycles. The van der Waals surface area contributed by atoms with Gasteiger partial charge in [0.1, 0.15) is 24.0 Å². The van der Waals surface area contributed by atoms with Crippen LogP contribution in [0.2, 0.25) is 0 Å². The van der Waals surface area contributed by atoms with Crippen molar-refractivity contribution in [2.24, 2.45) is 11.8 Å². The van der Waals surface area contributed by atoms with E-state index in [2.05, 4.69) is 0 Å². The van der Waals surface area contributed by atoms with Gasteiger partial charge in [0.05, 0.1) is 14.2 Å². The van der Waals surface area contributed by atoms with E-state index in [1.807, 2.05) is 0 Å². The molecule has 0 amide bonds. The molecular formula is C20H18O8. The first-order chi connectivity index (χ1) is 13.4. The minimum Gasteiger partial charge on any atom is -0.504 e. The maximum absolute atomic E-state index is 12.6. The van der Waals surface area contributed by atoms with E-state index in [9.17, 15) is 19.8 Å². The highest BCUT2D eigenvalue weighted by atomic mass is 16.6. The SMILES string of the molecule is COc1cc([C@H]2OC(=O)[C@H]3[C@@H]2C(=O)O[C@H]3c2ccc(O)c(OC)c2)ccc1O. The summed E-state index contributed by atoms with van der Waals surface area (Å²) in [6, 6.07) is 9.03. The van der Waals surface area contributed by atoms with Crippen molar-refractivity contribution in [3.05, 3.63) is 47.5 Å². The van der Waals surface area contributed by atoms with Gasteiger partial charge in [-0.25, -0.2) is 0 Å². The molecule has 2 aliphatic rings. The van der Waals surface area contributed by atoms with Crippen molar-refractivity contribution in [1.29, 1.82) is 0 Å². The van der Waals surface area contributed by atoms with Gasteiger partial charge in [-0.2, -0.15) is 0 Å². The van der Waals surface area contributed by atoms with E-state index in [-0.39, 0.29) is 23.0 Å². The number of carbonyl (C=O) groups excluding carboxylic acids is 2. The molecule has 0 spiro atoms. The van der Waals surface area contributed by atoms with Gasteiger partial charge in [-0.3, -0.25) is 9.59 Å². The van der Waals surface area contributed by atoms with Crippen molar-refractivity contribution in [2.75, 3.05) is 14.2 Å². The van der Waals surface area contributed by atoms with Crippen LogP contribution in [0.25, 0.3) is 0 Å². The molecule has 2 fully saturated rings. The van der Waals surface area contributed by atoms with Crippen LogP contribution in [-0.4, -0.2) is 36.4 Å². The quantitative estimate of drug-likeness (QED) is 0.770. The molecule has 8 nitrogen and oxygen atoms in total. The molecule has 2 aliphatic heterocycles. The van der Waals surface area contributed by atoms with E-state index in [0.29, 0.717) is 11.1 Å². The zero-order valence-electron chi connectivity index (χ0n) is 15.1. The molecule has 146 valence electrons. The molecule has 2 saturated heterocycles. The molecule has 0 unspecified atom stereocenters. The highest BCUT2D eigenvalue weighted by Crippen LogP contribution is 2.52. The number of rotatable bonds is 4. The van der Waals surface area contributed by atoms with Gasteiger partial charge in [0.15, 0.2) is 23.0 Å². The molecular weight excluding hydrogens is 368 g/mol. The van der Waals surface area contributed by atoms with Crippen molar-refractivity contribution < 1.29 is 38.7 Å². The fraction of sp³-hybridized carbons (Fsp3) is 0.300. The van der Waals surface area contributed by atoms with Gasteiger partial charge < -0.3 is 29.2 Å². The first kappa shape index (κ1) is 18.0. The summed E-state index contributed by atoms with van der Waals surface area (Å²) < 4.78 is 21.2. The number of carbonyl (C=O) groups is 2. The van der Waals surface area contributed by atoms with Crippen molar-refractivity contribution >= 4 is 11.9 Å². The zero-order chi connectivity index (χ0) is 20.0. The third kappa shape index (κ3) is 2.69. The summed E-state index contributed by atoms with van der Waals surface area (Å²) in [5.41, 5.74) is 1.05. The molecule has 0 radical (unpaired) electrons. The van der Waals surface area contributed by atoms with E-state index in [0.717, 1.165) is 0 Å². The first-order valence-corrected chi connectivity index (χ1v) is 8.59. The van der Waals surface area contributed by atoms with Gasteiger partial charge in [0.2, 0.25) is 0 Å². The lowest BCUT2D eigenvalue weighted by molar-refractivity contribution is -0.154. The fourth-order valence-electron chi connectivity index (χ4n) is 3.76. The average molecular weight is 386 g/mol. The standard InChI is InChI=1S/C20H18O8/c1-25-13-7-9(3-5-11(13)21)17-15-16(20(24)27-17)18(28-19(15)23)10-4-6-12(22)14(8-10)26-2/h3-8,15-18,21-22H,1-2H3/t15-,16-,17-,18+/m0/s1. The average Bonchev–Trinajstić information content (AvgIpc) is 3.21. The Kier molecular flexibility index (Phi) is 4.26. The van der Waals surface area contributed by atoms with Crippen LogP contribution in [0.3, 0.4) is 0 Å². The van der Waals surface area contributed by atoms with Crippen LogP contribution in [0, 0.1) is 11.8 Å². The van der Waals surface area contributed by atoms with Crippen LogP contribution >= 0.6 is 0 Å². The van der Waals surface area contributed by atoms with E-state index in [4.69, 9.17) is 18.9 Å². The minimum absolute atomic E-state index is 0.0600. The lowest BCUT2D eigenvalue weighted by atomic mass is 9.84. The second-order valence-electron chi connectivity index (χ2n) is 6.63. The molecule has 2 N–H and O–H groups in total. The van der Waals surface area contributed by atoms with Crippen LogP contribution in [0.5, 0.6) is 23.0 Å². The predicted octanol–water partition coefficient (Wildman–Crippen LogP) is 2.24. The van der Waals surface area contributed by atoms with Gasteiger partial charge in [-0.1, -0.05) is 12.1 Å². The van der Waals surface area contributed by atoms with Gasteiger partial charge in [0.25, 0.3) is 0 Å². The van der Waals surface area contributed by atoms with Gasteiger partial charge >= 0.3 is 11.9 Å². The van der Waals surface area contributed by atoms with Crippen molar-refractivity contribution in [1.82, 2.24) is 0 Å². The van der Waals surface area contributed by atoms with E-state index in [1.165, 1.54) is 38.5 Å². The number of benzene rings is 2. The molecule has 4 atom stereocenters. The molecule has 0 aliphatic carbocycles. The monoisotopic (exact) mass is 386 g/mol. The van der Waals surface area contributed by atoms with Crippen LogP contribution < -0.4 is 9.47 Å². The summed E-state index contributed by atoms with van der Waals surface area (Å²) >= 11 is 0. The molecule has 2 aromatic carbocycles. The summed E-state index contributed by atoms with van der Waals surface area (Å²) in [6.45, 7) is 0. The lowest BCUT2D eigenvalue weighted by Gasteiger charge is -2.16. The summed E-state index contributed by atoms with van der Waals surface area (Å²) in [4.78, 5) is 25.2. The Morgan fingerprint density at radius 1 is 0.750 bits per heavy atom. The molecule has 0 aromatic heterocycles. The summed E-state index contributed by atoms with van der Waals surface area (Å²) in [5, 5.41) is 19.6. The number of hydrogen-bond acceptors (Lipinski definition) is 8. The fourth-order valence-corrected chi connectivity index (χ4v) is 3.76. The first-order valence-electron chi connectivity index (χ1n) is 8.59. The number of esters is 2. The topological polar surface area (TPSA) is 112 Å². The molecule has 28 heavy (non-hydrogen) atoms. The Labute approximate surface area is 160 Å². The number of phenols is 2. The highest BCUT2D eigenvalue weighted by Gasteiger charge is 2.60. The van der Waals surface area contributed by atoms with Crippen LogP contribution in [0.15, 0.2) is 36.4 Å². The molecule has 2 heterocycles. The van der Waals surface area contributed by atoms with Crippen molar-refractivity contribution in [3.63, 3.8) is 0 Å². The summed E-state index contributed by atoms with van der Waals surface area (Å²) in [7, 11) is 2.81. The Balaban J connectivity index is 1.69. The zero-order valence-corrected chi connectivity index (χ0v) is 15.1. The molecule has 4 rings (SSSR count). The van der Waals surface area contributed by atoms with E-state index in [1.54, 1.807) is 12.1 Å². The van der Waals surface area contributed by atoms with Gasteiger partial charge in [-0.05, 0) is 35.4 Å². The predicted molar refractivity (Wildman–Crippen MR) is 94.0 cm³/mol. The molecule has 2 aromatic rings. The number of ether oxygens (including phenoxy) is 4. The maximum Gasteiger partial charge on any atom is 0.314 e. The number of phenolic OH excluding ortho intramolecular Hbond substituents is 2. The Bertz CT molecular complexity index is 876.